The molecule has 4 heteroatoms. The quantitative estimate of drug-likeness (QED) is 0.457. The number of hydrogen-bond donors (Lipinski definition) is 2. The summed E-state index contributed by atoms with van der Waals surface area (Å²) in [6.07, 6.45) is 2.02. The molecular formula is C7H13NO3. The fourth-order valence-electron chi connectivity index (χ4n) is 0.798. The van der Waals surface area contributed by atoms with Gasteiger partial charge in [-0.3, -0.25) is 4.84 Å². The molecule has 0 bridgehead atoms. The second kappa shape index (κ2) is 4.10. The van der Waals surface area contributed by atoms with E-state index in [1.165, 1.54) is 6.08 Å². The Labute approximate surface area is 65.6 Å². The SMILES string of the molecule is C=CCC(CC)(ON)C(=O)O. The van der Waals surface area contributed by atoms with E-state index in [-0.39, 0.29) is 6.42 Å². The Hall–Kier alpha value is -0.870. The summed E-state index contributed by atoms with van der Waals surface area (Å²) in [5, 5.41) is 8.70. The lowest BCUT2D eigenvalue weighted by Crippen LogP contribution is -2.42. The zero-order chi connectivity index (χ0) is 8.91. The summed E-state index contributed by atoms with van der Waals surface area (Å²) < 4.78 is 0. The lowest BCUT2D eigenvalue weighted by molar-refractivity contribution is -0.167. The van der Waals surface area contributed by atoms with Gasteiger partial charge in [-0.2, -0.15) is 0 Å². The zero-order valence-electron chi connectivity index (χ0n) is 6.54. The van der Waals surface area contributed by atoms with E-state index in [1.807, 2.05) is 0 Å². The first-order chi connectivity index (χ1) is 5.13. The molecule has 0 spiro atoms. The van der Waals surface area contributed by atoms with Gasteiger partial charge in [0, 0.05) is 6.42 Å². The van der Waals surface area contributed by atoms with E-state index in [0.717, 1.165) is 0 Å². The van der Waals surface area contributed by atoms with Crippen molar-refractivity contribution in [3.8, 4) is 0 Å². The van der Waals surface area contributed by atoms with Gasteiger partial charge in [-0.1, -0.05) is 13.0 Å². The molecule has 0 aliphatic rings. The average Bonchev–Trinajstić information content (AvgIpc) is 2.00. The molecule has 0 aliphatic heterocycles. The van der Waals surface area contributed by atoms with Gasteiger partial charge < -0.3 is 5.11 Å². The van der Waals surface area contributed by atoms with Gasteiger partial charge >= 0.3 is 5.97 Å². The largest absolute Gasteiger partial charge is 0.479 e. The Bertz CT molecular complexity index is 152. The third-order valence-corrected chi connectivity index (χ3v) is 1.66. The minimum absolute atomic E-state index is 0.218. The highest BCUT2D eigenvalue weighted by atomic mass is 16.6. The number of rotatable bonds is 5. The van der Waals surface area contributed by atoms with Crippen molar-refractivity contribution in [2.75, 3.05) is 0 Å². The monoisotopic (exact) mass is 159 g/mol. The van der Waals surface area contributed by atoms with E-state index in [0.29, 0.717) is 6.42 Å². The van der Waals surface area contributed by atoms with Gasteiger partial charge in [-0.25, -0.2) is 10.7 Å². The summed E-state index contributed by atoms with van der Waals surface area (Å²) in [6, 6.07) is 0. The first-order valence-electron chi connectivity index (χ1n) is 3.35. The van der Waals surface area contributed by atoms with Crippen LogP contribution in [0.4, 0.5) is 0 Å². The van der Waals surface area contributed by atoms with Crippen molar-refractivity contribution in [1.82, 2.24) is 0 Å². The molecule has 0 radical (unpaired) electrons. The maximum atomic E-state index is 10.6. The Balaban J connectivity index is 4.45. The van der Waals surface area contributed by atoms with E-state index in [2.05, 4.69) is 11.4 Å². The van der Waals surface area contributed by atoms with Gasteiger partial charge in [0.2, 0.25) is 0 Å². The third-order valence-electron chi connectivity index (χ3n) is 1.66. The van der Waals surface area contributed by atoms with Crippen LogP contribution in [0, 0.1) is 0 Å². The summed E-state index contributed by atoms with van der Waals surface area (Å²) in [4.78, 5) is 15.0. The van der Waals surface area contributed by atoms with E-state index in [4.69, 9.17) is 11.0 Å². The Morgan fingerprint density at radius 2 is 2.45 bits per heavy atom. The lowest BCUT2D eigenvalue weighted by Gasteiger charge is -2.23. The van der Waals surface area contributed by atoms with E-state index in [1.54, 1.807) is 6.92 Å². The van der Waals surface area contributed by atoms with Crippen molar-refractivity contribution < 1.29 is 14.7 Å². The number of aliphatic carboxylic acids is 1. The van der Waals surface area contributed by atoms with Crippen LogP contribution in [0.15, 0.2) is 12.7 Å². The third kappa shape index (κ3) is 2.03. The summed E-state index contributed by atoms with van der Waals surface area (Å²) in [5.41, 5.74) is -1.29. The van der Waals surface area contributed by atoms with Crippen LogP contribution in [-0.4, -0.2) is 16.7 Å². The van der Waals surface area contributed by atoms with Gasteiger partial charge in [-0.05, 0) is 6.42 Å². The molecule has 1 atom stereocenters. The molecule has 0 aromatic heterocycles. The van der Waals surface area contributed by atoms with E-state index < -0.39 is 11.6 Å². The number of carbonyl (C=O) groups is 1. The highest BCUT2D eigenvalue weighted by Crippen LogP contribution is 2.19. The molecule has 1 unspecified atom stereocenters. The highest BCUT2D eigenvalue weighted by molar-refractivity contribution is 5.77. The van der Waals surface area contributed by atoms with Crippen LogP contribution in [0.25, 0.3) is 0 Å². The minimum atomic E-state index is -1.29. The maximum Gasteiger partial charge on any atom is 0.338 e. The topological polar surface area (TPSA) is 72.5 Å². The predicted molar refractivity (Wildman–Crippen MR) is 40.7 cm³/mol. The molecule has 0 amide bonds. The summed E-state index contributed by atoms with van der Waals surface area (Å²) in [6.45, 7) is 5.12. The molecule has 0 heterocycles. The average molecular weight is 159 g/mol. The van der Waals surface area contributed by atoms with Crippen molar-refractivity contribution in [3.05, 3.63) is 12.7 Å². The second-order valence-electron chi connectivity index (χ2n) is 2.26. The van der Waals surface area contributed by atoms with Crippen LogP contribution < -0.4 is 5.90 Å². The molecule has 64 valence electrons. The summed E-state index contributed by atoms with van der Waals surface area (Å²) in [7, 11) is 0. The van der Waals surface area contributed by atoms with Crippen molar-refractivity contribution in [3.63, 3.8) is 0 Å². The van der Waals surface area contributed by atoms with Crippen LogP contribution in [-0.2, 0) is 9.63 Å². The van der Waals surface area contributed by atoms with Crippen LogP contribution in [0.1, 0.15) is 19.8 Å². The van der Waals surface area contributed by atoms with Crippen molar-refractivity contribution >= 4 is 5.97 Å². The van der Waals surface area contributed by atoms with Crippen LogP contribution in [0.3, 0.4) is 0 Å². The van der Waals surface area contributed by atoms with Crippen molar-refractivity contribution in [2.45, 2.75) is 25.4 Å². The fourth-order valence-corrected chi connectivity index (χ4v) is 0.798. The van der Waals surface area contributed by atoms with E-state index in [9.17, 15) is 4.79 Å². The van der Waals surface area contributed by atoms with Gasteiger partial charge in [0.05, 0.1) is 0 Å². The van der Waals surface area contributed by atoms with Gasteiger partial charge in [-0.15, -0.1) is 6.58 Å². The molecule has 0 aromatic rings. The lowest BCUT2D eigenvalue weighted by atomic mass is 9.97. The van der Waals surface area contributed by atoms with Gasteiger partial charge in [0.15, 0.2) is 5.60 Å². The van der Waals surface area contributed by atoms with Crippen LogP contribution >= 0.6 is 0 Å². The van der Waals surface area contributed by atoms with Crippen LogP contribution in [0.2, 0.25) is 0 Å². The Morgan fingerprint density at radius 3 is 2.55 bits per heavy atom. The first-order valence-corrected chi connectivity index (χ1v) is 3.35. The highest BCUT2D eigenvalue weighted by Gasteiger charge is 2.36. The minimum Gasteiger partial charge on any atom is -0.479 e. The van der Waals surface area contributed by atoms with E-state index >= 15 is 0 Å². The summed E-state index contributed by atoms with van der Waals surface area (Å²) in [5.74, 6) is 3.82. The number of nitrogens with two attached hydrogens (primary N) is 1. The smallest absolute Gasteiger partial charge is 0.338 e. The normalized spacial score (nSPS) is 15.5. The van der Waals surface area contributed by atoms with Gasteiger partial charge in [0.25, 0.3) is 0 Å². The standard InChI is InChI=1S/C7H13NO3/c1-3-5-7(4-2,11-8)6(9)10/h3H,1,4-5,8H2,2H3,(H,9,10). The number of hydrogen-bond acceptors (Lipinski definition) is 3. The predicted octanol–water partition coefficient (Wildman–Crippen LogP) is 0.686. The van der Waals surface area contributed by atoms with Crippen molar-refractivity contribution in [2.24, 2.45) is 5.90 Å². The number of carboxylic acid groups (broad SMARTS) is 1. The molecule has 0 aliphatic carbocycles. The molecule has 11 heavy (non-hydrogen) atoms. The fraction of sp³-hybridized carbons (Fsp3) is 0.571. The first kappa shape index (κ1) is 10.1. The zero-order valence-corrected chi connectivity index (χ0v) is 6.54. The molecule has 0 saturated carbocycles. The molecule has 0 rings (SSSR count). The molecule has 4 nitrogen and oxygen atoms in total. The molecule has 0 saturated heterocycles. The van der Waals surface area contributed by atoms with Crippen molar-refractivity contribution in [1.29, 1.82) is 0 Å². The maximum absolute atomic E-state index is 10.6. The summed E-state index contributed by atoms with van der Waals surface area (Å²) >= 11 is 0. The Morgan fingerprint density at radius 1 is 1.91 bits per heavy atom. The Kier molecular flexibility index (Phi) is 3.78. The van der Waals surface area contributed by atoms with Gasteiger partial charge in [0.1, 0.15) is 0 Å². The molecule has 0 aromatic carbocycles. The molecule has 0 fully saturated rings. The molecular weight excluding hydrogens is 146 g/mol. The van der Waals surface area contributed by atoms with Crippen LogP contribution in [0.5, 0.6) is 0 Å². The second-order valence-corrected chi connectivity index (χ2v) is 2.26. The number of carboxylic acids is 1. The molecule has 3 N–H and O–H groups in total.